The van der Waals surface area contributed by atoms with Gasteiger partial charge in [0, 0.05) is 10.7 Å². The number of methoxy groups -OCH3 is 2. The van der Waals surface area contributed by atoms with Gasteiger partial charge < -0.3 is 19.9 Å². The Morgan fingerprint density at radius 2 is 1.52 bits per heavy atom. The number of ether oxygens (including phenoxy) is 2. The van der Waals surface area contributed by atoms with Crippen molar-refractivity contribution < 1.29 is 24.2 Å². The number of aryl methyl sites for hydroxylation is 2. The second-order valence-electron chi connectivity index (χ2n) is 6.83. The first-order valence-corrected chi connectivity index (χ1v) is 9.93. The predicted molar refractivity (Wildman–Crippen MR) is 119 cm³/mol. The number of benzene rings is 3. The van der Waals surface area contributed by atoms with Gasteiger partial charge in [0.1, 0.15) is 5.75 Å². The van der Waals surface area contributed by atoms with Crippen LogP contribution in [-0.2, 0) is 17.6 Å². The molecule has 0 spiro atoms. The summed E-state index contributed by atoms with van der Waals surface area (Å²) < 4.78 is 10.6. The number of carbonyl (C=O) groups is 2. The Kier molecular flexibility index (Phi) is 7.15. The smallest absolute Gasteiger partial charge is 0.296 e. The Morgan fingerprint density at radius 3 is 2.19 bits per heavy atom. The Balaban J connectivity index is 1.60. The molecule has 0 bridgehead atoms. The standard InChI is InChI=1S/C24H22ClNO5/c1-30-21-12-7-16(13-22(21)31-2)4-3-15-5-9-18(10-6-15)26-24(29)23(28)19-14-17(25)8-11-20(19)27/h5-14,27H,3-4H2,1-2H3,(H,26,29). The minimum atomic E-state index is -0.863. The fraction of sp³-hybridized carbons (Fsp3) is 0.167. The summed E-state index contributed by atoms with van der Waals surface area (Å²) in [6.45, 7) is 0. The van der Waals surface area contributed by atoms with Gasteiger partial charge >= 0.3 is 0 Å². The lowest BCUT2D eigenvalue weighted by molar-refractivity contribution is -0.112. The Labute approximate surface area is 185 Å². The number of aromatic hydroxyl groups is 1. The van der Waals surface area contributed by atoms with Crippen LogP contribution in [0.3, 0.4) is 0 Å². The van der Waals surface area contributed by atoms with Gasteiger partial charge in [0.25, 0.3) is 11.7 Å². The van der Waals surface area contributed by atoms with E-state index in [4.69, 9.17) is 21.1 Å². The van der Waals surface area contributed by atoms with Gasteiger partial charge in [-0.05, 0) is 66.4 Å². The Morgan fingerprint density at radius 1 is 0.871 bits per heavy atom. The molecule has 1 amide bonds. The molecular weight excluding hydrogens is 418 g/mol. The van der Waals surface area contributed by atoms with Gasteiger partial charge in [-0.2, -0.15) is 0 Å². The van der Waals surface area contributed by atoms with Crippen molar-refractivity contribution in [3.63, 3.8) is 0 Å². The third-order valence-electron chi connectivity index (χ3n) is 4.77. The van der Waals surface area contributed by atoms with E-state index in [0.717, 1.165) is 24.0 Å². The molecule has 0 aliphatic rings. The van der Waals surface area contributed by atoms with Crippen LogP contribution in [0.25, 0.3) is 0 Å². The fourth-order valence-electron chi connectivity index (χ4n) is 3.08. The quantitative estimate of drug-likeness (QED) is 0.393. The molecule has 3 rings (SSSR count). The summed E-state index contributed by atoms with van der Waals surface area (Å²) in [5, 5.41) is 12.6. The van der Waals surface area contributed by atoms with Crippen LogP contribution in [0.5, 0.6) is 17.2 Å². The highest BCUT2D eigenvalue weighted by Gasteiger charge is 2.20. The van der Waals surface area contributed by atoms with Crippen molar-refractivity contribution in [2.24, 2.45) is 0 Å². The van der Waals surface area contributed by atoms with Crippen LogP contribution in [0.2, 0.25) is 5.02 Å². The number of hydrogen-bond acceptors (Lipinski definition) is 5. The molecule has 160 valence electrons. The first-order chi connectivity index (χ1) is 14.9. The minimum Gasteiger partial charge on any atom is -0.507 e. The van der Waals surface area contributed by atoms with E-state index in [2.05, 4.69) is 5.32 Å². The maximum Gasteiger partial charge on any atom is 0.296 e. The maximum atomic E-state index is 12.3. The third kappa shape index (κ3) is 5.55. The van der Waals surface area contributed by atoms with Crippen molar-refractivity contribution in [1.82, 2.24) is 0 Å². The van der Waals surface area contributed by atoms with Crippen LogP contribution >= 0.6 is 11.6 Å². The number of phenolic OH excluding ortho intramolecular Hbond substituents is 1. The molecule has 0 aromatic heterocycles. The van der Waals surface area contributed by atoms with E-state index in [1.807, 2.05) is 30.3 Å². The molecule has 0 fully saturated rings. The molecule has 0 radical (unpaired) electrons. The summed E-state index contributed by atoms with van der Waals surface area (Å²) in [5.41, 5.74) is 2.53. The summed E-state index contributed by atoms with van der Waals surface area (Å²) in [7, 11) is 3.20. The zero-order chi connectivity index (χ0) is 22.4. The zero-order valence-corrected chi connectivity index (χ0v) is 17.9. The van der Waals surface area contributed by atoms with E-state index in [1.54, 1.807) is 26.4 Å². The van der Waals surface area contributed by atoms with E-state index >= 15 is 0 Å². The fourth-order valence-corrected chi connectivity index (χ4v) is 3.25. The third-order valence-corrected chi connectivity index (χ3v) is 5.01. The topological polar surface area (TPSA) is 84.9 Å². The molecule has 31 heavy (non-hydrogen) atoms. The van der Waals surface area contributed by atoms with Gasteiger partial charge in [-0.1, -0.05) is 29.8 Å². The SMILES string of the molecule is COc1ccc(CCc2ccc(NC(=O)C(=O)c3cc(Cl)ccc3O)cc2)cc1OC. The molecule has 0 atom stereocenters. The molecule has 0 aliphatic heterocycles. The second-order valence-corrected chi connectivity index (χ2v) is 7.27. The average Bonchev–Trinajstić information content (AvgIpc) is 2.79. The Hall–Kier alpha value is -3.51. The van der Waals surface area contributed by atoms with Gasteiger partial charge in [0.2, 0.25) is 0 Å². The molecule has 7 heteroatoms. The molecule has 0 heterocycles. The number of rotatable bonds is 8. The predicted octanol–water partition coefficient (Wildman–Crippen LogP) is 4.67. The van der Waals surface area contributed by atoms with Crippen LogP contribution < -0.4 is 14.8 Å². The molecule has 3 aromatic rings. The second kappa shape index (κ2) is 10.00. The van der Waals surface area contributed by atoms with Gasteiger partial charge in [-0.3, -0.25) is 9.59 Å². The molecule has 2 N–H and O–H groups in total. The van der Waals surface area contributed by atoms with Crippen molar-refractivity contribution >= 4 is 29.0 Å². The van der Waals surface area contributed by atoms with E-state index in [9.17, 15) is 14.7 Å². The zero-order valence-electron chi connectivity index (χ0n) is 17.1. The molecule has 0 aliphatic carbocycles. The highest BCUT2D eigenvalue weighted by atomic mass is 35.5. The summed E-state index contributed by atoms with van der Waals surface area (Å²) in [6, 6.07) is 17.0. The number of phenols is 1. The summed E-state index contributed by atoms with van der Waals surface area (Å²) >= 11 is 5.84. The lowest BCUT2D eigenvalue weighted by atomic mass is 10.0. The lowest BCUT2D eigenvalue weighted by Crippen LogP contribution is -2.23. The van der Waals surface area contributed by atoms with Gasteiger partial charge in [0.05, 0.1) is 19.8 Å². The molecule has 0 saturated carbocycles. The van der Waals surface area contributed by atoms with Crippen LogP contribution in [0, 0.1) is 0 Å². The summed E-state index contributed by atoms with van der Waals surface area (Å²) in [4.78, 5) is 24.5. The van der Waals surface area contributed by atoms with Gasteiger partial charge in [-0.15, -0.1) is 0 Å². The molecule has 6 nitrogen and oxygen atoms in total. The van der Waals surface area contributed by atoms with Crippen molar-refractivity contribution in [3.8, 4) is 17.2 Å². The average molecular weight is 440 g/mol. The number of nitrogens with one attached hydrogen (secondary N) is 1. The molecular formula is C24H22ClNO5. The first kappa shape index (κ1) is 22.2. The van der Waals surface area contributed by atoms with Crippen LogP contribution in [-0.4, -0.2) is 31.0 Å². The maximum absolute atomic E-state index is 12.3. The largest absolute Gasteiger partial charge is 0.507 e. The molecule has 0 unspecified atom stereocenters. The molecule has 3 aromatic carbocycles. The van der Waals surface area contributed by atoms with Gasteiger partial charge in [0.15, 0.2) is 11.5 Å². The number of anilines is 1. The van der Waals surface area contributed by atoms with Crippen molar-refractivity contribution in [2.75, 3.05) is 19.5 Å². The monoisotopic (exact) mass is 439 g/mol. The van der Waals surface area contributed by atoms with E-state index in [-0.39, 0.29) is 16.3 Å². The number of carbonyl (C=O) groups excluding carboxylic acids is 2. The number of ketones is 1. The van der Waals surface area contributed by atoms with Crippen LogP contribution in [0.1, 0.15) is 21.5 Å². The van der Waals surface area contributed by atoms with Crippen LogP contribution in [0.15, 0.2) is 60.7 Å². The Bertz CT molecular complexity index is 1100. The lowest BCUT2D eigenvalue weighted by Gasteiger charge is -2.10. The van der Waals surface area contributed by atoms with E-state index in [0.29, 0.717) is 17.2 Å². The molecule has 0 saturated heterocycles. The van der Waals surface area contributed by atoms with E-state index < -0.39 is 11.7 Å². The number of amides is 1. The van der Waals surface area contributed by atoms with Crippen molar-refractivity contribution in [2.45, 2.75) is 12.8 Å². The van der Waals surface area contributed by atoms with Crippen LogP contribution in [0.4, 0.5) is 5.69 Å². The number of Topliss-reactive ketones (excluding diaryl/α,β-unsaturated/α-hetero) is 1. The van der Waals surface area contributed by atoms with E-state index in [1.165, 1.54) is 18.2 Å². The summed E-state index contributed by atoms with van der Waals surface area (Å²) in [5.74, 6) is -0.635. The van der Waals surface area contributed by atoms with Crippen molar-refractivity contribution in [1.29, 1.82) is 0 Å². The summed E-state index contributed by atoms with van der Waals surface area (Å²) in [6.07, 6.45) is 1.59. The van der Waals surface area contributed by atoms with Gasteiger partial charge in [-0.25, -0.2) is 0 Å². The van der Waals surface area contributed by atoms with Crippen molar-refractivity contribution in [3.05, 3.63) is 82.4 Å². The normalized spacial score (nSPS) is 10.4. The minimum absolute atomic E-state index is 0.142. The first-order valence-electron chi connectivity index (χ1n) is 9.55. The number of halogens is 1. The number of hydrogen-bond donors (Lipinski definition) is 2. The highest BCUT2D eigenvalue weighted by molar-refractivity contribution is 6.47. The highest BCUT2D eigenvalue weighted by Crippen LogP contribution is 2.28.